The van der Waals surface area contributed by atoms with E-state index in [1.165, 1.54) is 0 Å². The molecule has 15 heavy (non-hydrogen) atoms. The van der Waals surface area contributed by atoms with Crippen molar-refractivity contribution in [1.82, 2.24) is 14.8 Å². The molecule has 4 nitrogen and oxygen atoms in total. The number of nitrogens with zero attached hydrogens (tertiary/aromatic N) is 2. The van der Waals surface area contributed by atoms with Crippen molar-refractivity contribution >= 4 is 12.2 Å². The van der Waals surface area contributed by atoms with Gasteiger partial charge < -0.3 is 4.74 Å². The zero-order valence-electron chi connectivity index (χ0n) is 8.52. The van der Waals surface area contributed by atoms with Crippen LogP contribution in [0.2, 0.25) is 0 Å². The van der Waals surface area contributed by atoms with E-state index in [1.54, 1.807) is 11.8 Å². The molecule has 0 bridgehead atoms. The van der Waals surface area contributed by atoms with Gasteiger partial charge in [-0.3, -0.25) is 9.78 Å². The molecule has 2 aromatic rings. The Morgan fingerprint density at radius 3 is 2.73 bits per heavy atom. The van der Waals surface area contributed by atoms with Crippen LogP contribution in [0.15, 0.2) is 24.3 Å². The highest BCUT2D eigenvalue weighted by atomic mass is 32.1. The Labute approximate surface area is 92.5 Å². The maximum Gasteiger partial charge on any atom is 0.216 e. The fourth-order valence-electron chi connectivity index (χ4n) is 1.36. The predicted octanol–water partition coefficient (Wildman–Crippen LogP) is 2.15. The van der Waals surface area contributed by atoms with Crippen LogP contribution >= 0.6 is 12.2 Å². The molecule has 0 spiro atoms. The summed E-state index contributed by atoms with van der Waals surface area (Å²) in [4.78, 5) is 4.23. The Morgan fingerprint density at radius 2 is 2.13 bits per heavy atom. The van der Waals surface area contributed by atoms with Gasteiger partial charge in [0.2, 0.25) is 4.77 Å². The average molecular weight is 221 g/mol. The first-order chi connectivity index (χ1) is 7.22. The molecule has 0 amide bonds. The molecule has 0 aliphatic rings. The van der Waals surface area contributed by atoms with Crippen LogP contribution in [0.1, 0.15) is 0 Å². The number of methoxy groups -OCH3 is 1. The lowest BCUT2D eigenvalue weighted by Gasteiger charge is -2.04. The second-order valence-electron chi connectivity index (χ2n) is 3.11. The summed E-state index contributed by atoms with van der Waals surface area (Å²) < 4.78 is 7.46. The van der Waals surface area contributed by atoms with Crippen molar-refractivity contribution in [3.05, 3.63) is 29.0 Å². The predicted molar refractivity (Wildman–Crippen MR) is 60.4 cm³/mol. The highest BCUT2D eigenvalue weighted by Crippen LogP contribution is 2.26. The minimum atomic E-state index is 0.524. The number of para-hydroxylation sites is 1. The van der Waals surface area contributed by atoms with Crippen LogP contribution < -0.4 is 4.74 Å². The minimum absolute atomic E-state index is 0.524. The van der Waals surface area contributed by atoms with Crippen LogP contribution in [-0.2, 0) is 7.05 Å². The summed E-state index contributed by atoms with van der Waals surface area (Å²) >= 11 is 5.03. The Hall–Kier alpha value is -1.62. The van der Waals surface area contributed by atoms with Gasteiger partial charge >= 0.3 is 0 Å². The largest absolute Gasteiger partial charge is 0.496 e. The molecule has 0 radical (unpaired) electrons. The maximum absolute atomic E-state index is 5.25. The van der Waals surface area contributed by atoms with E-state index >= 15 is 0 Å². The summed E-state index contributed by atoms with van der Waals surface area (Å²) in [6.07, 6.45) is 0. The van der Waals surface area contributed by atoms with Gasteiger partial charge in [-0.2, -0.15) is 4.98 Å². The summed E-state index contributed by atoms with van der Waals surface area (Å²) in [7, 11) is 3.46. The Kier molecular flexibility index (Phi) is 2.55. The van der Waals surface area contributed by atoms with Crippen LogP contribution in [0.25, 0.3) is 11.4 Å². The fourth-order valence-corrected chi connectivity index (χ4v) is 1.50. The average Bonchev–Trinajstić information content (AvgIpc) is 2.59. The third-order valence-electron chi connectivity index (χ3n) is 2.13. The molecule has 1 heterocycles. The van der Waals surface area contributed by atoms with Crippen LogP contribution in [0.5, 0.6) is 5.75 Å². The van der Waals surface area contributed by atoms with Gasteiger partial charge in [-0.25, -0.2) is 0 Å². The van der Waals surface area contributed by atoms with E-state index in [2.05, 4.69) is 10.1 Å². The standard InChI is InChI=1S/C10H11N3OS/c1-13-10(15)11-9(12-13)7-5-3-4-6-8(7)14-2/h3-6H,1-2H3,(H,11,12,15). The Balaban J connectivity index is 2.58. The molecule has 2 rings (SSSR count). The molecule has 0 unspecified atom stereocenters. The topological polar surface area (TPSA) is 42.8 Å². The quantitative estimate of drug-likeness (QED) is 0.790. The first-order valence-corrected chi connectivity index (χ1v) is 4.89. The molecule has 0 atom stereocenters. The lowest BCUT2D eigenvalue weighted by molar-refractivity contribution is 0.416. The molecule has 1 N–H and O–H groups in total. The monoisotopic (exact) mass is 221 g/mol. The zero-order chi connectivity index (χ0) is 10.8. The van der Waals surface area contributed by atoms with Crippen molar-refractivity contribution in [3.63, 3.8) is 0 Å². The summed E-state index contributed by atoms with van der Waals surface area (Å²) in [6.45, 7) is 0. The maximum atomic E-state index is 5.25. The zero-order valence-corrected chi connectivity index (χ0v) is 9.34. The van der Waals surface area contributed by atoms with Crippen LogP contribution in [0.3, 0.4) is 0 Å². The summed E-state index contributed by atoms with van der Waals surface area (Å²) in [5.74, 6) is 1.50. The van der Waals surface area contributed by atoms with Gasteiger partial charge in [-0.1, -0.05) is 12.1 Å². The number of nitrogens with one attached hydrogen (secondary N) is 1. The molecule has 0 fully saturated rings. The van der Waals surface area contributed by atoms with E-state index < -0.39 is 0 Å². The van der Waals surface area contributed by atoms with Crippen molar-refractivity contribution < 1.29 is 4.74 Å². The molecular weight excluding hydrogens is 210 g/mol. The van der Waals surface area contributed by atoms with Gasteiger partial charge in [0.15, 0.2) is 5.82 Å². The first-order valence-electron chi connectivity index (χ1n) is 4.49. The second kappa shape index (κ2) is 3.86. The highest BCUT2D eigenvalue weighted by molar-refractivity contribution is 7.71. The number of aryl methyl sites for hydroxylation is 1. The van der Waals surface area contributed by atoms with Crippen molar-refractivity contribution in [1.29, 1.82) is 0 Å². The normalized spacial score (nSPS) is 10.3. The van der Waals surface area contributed by atoms with E-state index in [4.69, 9.17) is 17.0 Å². The molecule has 0 saturated heterocycles. The third kappa shape index (κ3) is 1.78. The van der Waals surface area contributed by atoms with Crippen molar-refractivity contribution in [2.45, 2.75) is 0 Å². The molecule has 0 saturated carbocycles. The lowest BCUT2D eigenvalue weighted by atomic mass is 10.2. The van der Waals surface area contributed by atoms with Crippen LogP contribution in [-0.4, -0.2) is 21.9 Å². The number of benzene rings is 1. The molecule has 5 heteroatoms. The first kappa shape index (κ1) is 9.92. The SMILES string of the molecule is COc1ccccc1-c1nc(=S)n(C)[nH]1. The van der Waals surface area contributed by atoms with Crippen LogP contribution in [0, 0.1) is 4.77 Å². The smallest absolute Gasteiger partial charge is 0.216 e. The number of H-pyrrole nitrogens is 1. The lowest BCUT2D eigenvalue weighted by Crippen LogP contribution is -1.91. The highest BCUT2D eigenvalue weighted by Gasteiger charge is 2.08. The number of aromatic amines is 1. The number of rotatable bonds is 2. The number of ether oxygens (including phenoxy) is 1. The van der Waals surface area contributed by atoms with Gasteiger partial charge in [0.05, 0.1) is 12.7 Å². The molecular formula is C10H11N3OS. The number of aromatic nitrogens is 3. The minimum Gasteiger partial charge on any atom is -0.496 e. The molecule has 0 aliphatic carbocycles. The van der Waals surface area contributed by atoms with Gasteiger partial charge in [0.25, 0.3) is 0 Å². The number of hydrogen-bond acceptors (Lipinski definition) is 3. The summed E-state index contributed by atoms with van der Waals surface area (Å²) in [5, 5.41) is 3.06. The van der Waals surface area contributed by atoms with E-state index in [0.29, 0.717) is 4.77 Å². The van der Waals surface area contributed by atoms with E-state index in [9.17, 15) is 0 Å². The molecule has 1 aromatic carbocycles. The van der Waals surface area contributed by atoms with Crippen molar-refractivity contribution in [3.8, 4) is 17.1 Å². The third-order valence-corrected chi connectivity index (χ3v) is 2.50. The van der Waals surface area contributed by atoms with Gasteiger partial charge in [-0.15, -0.1) is 0 Å². The van der Waals surface area contributed by atoms with Crippen LogP contribution in [0.4, 0.5) is 0 Å². The molecule has 1 aromatic heterocycles. The molecule has 0 aliphatic heterocycles. The van der Waals surface area contributed by atoms with Gasteiger partial charge in [-0.05, 0) is 24.4 Å². The molecule has 78 valence electrons. The van der Waals surface area contributed by atoms with E-state index in [1.807, 2.05) is 31.3 Å². The number of hydrogen-bond donors (Lipinski definition) is 1. The fraction of sp³-hybridized carbons (Fsp3) is 0.200. The van der Waals surface area contributed by atoms with Gasteiger partial charge in [0, 0.05) is 7.05 Å². The second-order valence-corrected chi connectivity index (χ2v) is 3.48. The van der Waals surface area contributed by atoms with E-state index in [0.717, 1.165) is 17.1 Å². The Bertz CT molecular complexity index is 529. The summed E-state index contributed by atoms with van der Waals surface area (Å²) in [5.41, 5.74) is 0.909. The van der Waals surface area contributed by atoms with Crippen molar-refractivity contribution in [2.24, 2.45) is 7.05 Å². The summed E-state index contributed by atoms with van der Waals surface area (Å²) in [6, 6.07) is 7.68. The van der Waals surface area contributed by atoms with Crippen molar-refractivity contribution in [2.75, 3.05) is 7.11 Å². The van der Waals surface area contributed by atoms with E-state index in [-0.39, 0.29) is 0 Å². The Morgan fingerprint density at radius 1 is 1.40 bits per heavy atom. The van der Waals surface area contributed by atoms with Gasteiger partial charge in [0.1, 0.15) is 5.75 Å².